The van der Waals surface area contributed by atoms with Crippen molar-refractivity contribution in [2.24, 2.45) is 0 Å². The molecule has 8 heteroatoms. The van der Waals surface area contributed by atoms with Gasteiger partial charge in [-0.15, -0.1) is 22.2 Å². The highest BCUT2D eigenvalue weighted by Crippen LogP contribution is 2.15. The Labute approximate surface area is 173 Å². The predicted molar refractivity (Wildman–Crippen MR) is 120 cm³/mol. The minimum absolute atomic E-state index is 0.833. The standard InChI is InChI=1S/C12H10Cl2Si.C6H16O3SSi/c13-15(14,11-7-3-1-4-8-11)12-9-5-2-6-10-12;1-7-11(8-2,9-3)6-4-5-10/h1-10H;10H,4-6H2,1-3H3. The molecule has 2 aromatic rings. The molecule has 0 aliphatic carbocycles. The van der Waals surface area contributed by atoms with Crippen LogP contribution in [0.3, 0.4) is 0 Å². The Bertz CT molecular complexity index is 565. The first kappa shape index (κ1) is 23.7. The van der Waals surface area contributed by atoms with Gasteiger partial charge in [-0.25, -0.2) is 0 Å². The molecule has 0 aliphatic heterocycles. The second-order valence-electron chi connectivity index (χ2n) is 5.43. The van der Waals surface area contributed by atoms with Gasteiger partial charge in [-0.05, 0) is 22.5 Å². The Hall–Kier alpha value is -0.316. The monoisotopic (exact) mass is 448 g/mol. The van der Waals surface area contributed by atoms with Crippen molar-refractivity contribution >= 4 is 60.7 Å². The number of halogens is 2. The molecule has 0 spiro atoms. The molecule has 0 radical (unpaired) electrons. The summed E-state index contributed by atoms with van der Waals surface area (Å²) in [7, 11) is 2.58. The zero-order chi connectivity index (χ0) is 19.5. The molecular formula is C18H26Cl2O3SSi2. The summed E-state index contributed by atoms with van der Waals surface area (Å²) < 4.78 is 15.6. The fourth-order valence-corrected chi connectivity index (χ4v) is 7.56. The minimum Gasteiger partial charge on any atom is -0.377 e. The Kier molecular flexibility index (Phi) is 11.1. The van der Waals surface area contributed by atoms with Gasteiger partial charge in [-0.3, -0.25) is 0 Å². The van der Waals surface area contributed by atoms with Gasteiger partial charge in [0, 0.05) is 27.4 Å². The van der Waals surface area contributed by atoms with Crippen LogP contribution in [-0.2, 0) is 13.3 Å². The quantitative estimate of drug-likeness (QED) is 0.376. The lowest BCUT2D eigenvalue weighted by molar-refractivity contribution is 0.123. The molecule has 0 fully saturated rings. The van der Waals surface area contributed by atoms with Gasteiger partial charge in [0.1, 0.15) is 0 Å². The number of hydrogen-bond acceptors (Lipinski definition) is 4. The molecule has 0 aromatic heterocycles. The van der Waals surface area contributed by atoms with E-state index in [1.165, 1.54) is 0 Å². The van der Waals surface area contributed by atoms with Crippen molar-refractivity contribution in [3.05, 3.63) is 60.7 Å². The highest BCUT2D eigenvalue weighted by Gasteiger charge is 2.36. The smallest absolute Gasteiger partial charge is 0.377 e. The molecule has 0 N–H and O–H groups in total. The van der Waals surface area contributed by atoms with E-state index in [0.717, 1.165) is 28.6 Å². The van der Waals surface area contributed by atoms with Crippen molar-refractivity contribution in [1.29, 1.82) is 0 Å². The molecule has 2 aromatic carbocycles. The average molecular weight is 450 g/mol. The van der Waals surface area contributed by atoms with Crippen molar-refractivity contribution in [1.82, 2.24) is 0 Å². The van der Waals surface area contributed by atoms with Crippen LogP contribution in [0.4, 0.5) is 0 Å². The zero-order valence-corrected chi connectivity index (χ0v) is 19.7. The molecule has 0 bridgehead atoms. The topological polar surface area (TPSA) is 27.7 Å². The van der Waals surface area contributed by atoms with Crippen molar-refractivity contribution in [3.63, 3.8) is 0 Å². The number of benzene rings is 2. The molecule has 144 valence electrons. The Morgan fingerprint density at radius 2 is 1.15 bits per heavy atom. The summed E-state index contributed by atoms with van der Waals surface area (Å²) in [4.78, 5) is 0. The second-order valence-corrected chi connectivity index (χ2v) is 15.3. The highest BCUT2D eigenvalue weighted by atomic mass is 35.7. The third-order valence-corrected chi connectivity index (χ3v) is 11.7. The molecule has 0 saturated carbocycles. The molecular weight excluding hydrogens is 423 g/mol. The molecule has 3 nitrogen and oxygen atoms in total. The molecule has 0 saturated heterocycles. The lowest BCUT2D eigenvalue weighted by atomic mass is 10.4. The van der Waals surface area contributed by atoms with Crippen molar-refractivity contribution < 1.29 is 13.3 Å². The predicted octanol–water partition coefficient (Wildman–Crippen LogP) is 3.91. The van der Waals surface area contributed by atoms with E-state index >= 15 is 0 Å². The van der Waals surface area contributed by atoms with Crippen LogP contribution in [0.1, 0.15) is 6.42 Å². The summed E-state index contributed by atoms with van der Waals surface area (Å²) in [5, 5.41) is 2.05. The van der Waals surface area contributed by atoms with E-state index in [-0.39, 0.29) is 0 Å². The van der Waals surface area contributed by atoms with Crippen LogP contribution in [0.5, 0.6) is 0 Å². The van der Waals surface area contributed by atoms with Gasteiger partial charge in [-0.1, -0.05) is 60.7 Å². The molecule has 0 heterocycles. The fourth-order valence-electron chi connectivity index (χ4n) is 2.31. The van der Waals surface area contributed by atoms with Crippen molar-refractivity contribution in [2.75, 3.05) is 27.1 Å². The van der Waals surface area contributed by atoms with Gasteiger partial charge in [0.15, 0.2) is 0 Å². The van der Waals surface area contributed by atoms with E-state index in [4.69, 9.17) is 35.4 Å². The normalized spacial score (nSPS) is 11.6. The van der Waals surface area contributed by atoms with Crippen LogP contribution >= 0.6 is 34.8 Å². The van der Waals surface area contributed by atoms with Gasteiger partial charge in [0.25, 0.3) is 0 Å². The van der Waals surface area contributed by atoms with Gasteiger partial charge in [0.05, 0.1) is 0 Å². The van der Waals surface area contributed by atoms with E-state index in [0.29, 0.717) is 0 Å². The van der Waals surface area contributed by atoms with Gasteiger partial charge < -0.3 is 13.3 Å². The summed E-state index contributed by atoms with van der Waals surface area (Å²) in [6, 6.07) is 20.6. The van der Waals surface area contributed by atoms with E-state index < -0.39 is 15.5 Å². The maximum absolute atomic E-state index is 6.49. The summed E-state index contributed by atoms with van der Waals surface area (Å²) in [6.07, 6.45) is 0.963. The van der Waals surface area contributed by atoms with E-state index in [1.807, 2.05) is 60.7 Å². The Morgan fingerprint density at radius 3 is 1.46 bits per heavy atom. The third-order valence-electron chi connectivity index (χ3n) is 3.85. The van der Waals surface area contributed by atoms with Crippen molar-refractivity contribution in [2.45, 2.75) is 12.5 Å². The van der Waals surface area contributed by atoms with Crippen LogP contribution < -0.4 is 10.4 Å². The first-order valence-electron chi connectivity index (χ1n) is 8.21. The van der Waals surface area contributed by atoms with Crippen LogP contribution in [-0.4, -0.2) is 42.6 Å². The number of thiol groups is 1. The molecule has 0 atom stereocenters. The molecule has 0 aliphatic rings. The minimum atomic E-state index is -2.51. The lowest BCUT2D eigenvalue weighted by Gasteiger charge is -2.23. The first-order valence-corrected chi connectivity index (χ1v) is 14.8. The van der Waals surface area contributed by atoms with Crippen LogP contribution in [0.15, 0.2) is 60.7 Å². The second kappa shape index (κ2) is 12.2. The molecule has 2 rings (SSSR count). The van der Waals surface area contributed by atoms with Crippen LogP contribution in [0.2, 0.25) is 6.04 Å². The summed E-state index contributed by atoms with van der Waals surface area (Å²) in [5.41, 5.74) is 0. The average Bonchev–Trinajstić information content (AvgIpc) is 2.71. The maximum atomic E-state index is 6.49. The van der Waals surface area contributed by atoms with E-state index in [9.17, 15) is 0 Å². The zero-order valence-electron chi connectivity index (χ0n) is 15.3. The molecule has 26 heavy (non-hydrogen) atoms. The molecule has 0 amide bonds. The van der Waals surface area contributed by atoms with Crippen LogP contribution in [0.25, 0.3) is 0 Å². The maximum Gasteiger partial charge on any atom is 0.500 e. The summed E-state index contributed by atoms with van der Waals surface area (Å²) >= 11 is 17.1. The van der Waals surface area contributed by atoms with Gasteiger partial charge in [0.2, 0.25) is 0 Å². The van der Waals surface area contributed by atoms with E-state index in [1.54, 1.807) is 21.3 Å². The number of hydrogen-bond donors (Lipinski definition) is 1. The van der Waals surface area contributed by atoms with Crippen molar-refractivity contribution in [3.8, 4) is 0 Å². The van der Waals surface area contributed by atoms with Gasteiger partial charge >= 0.3 is 15.5 Å². The summed E-state index contributed by atoms with van der Waals surface area (Å²) in [5.74, 6) is 0.838. The van der Waals surface area contributed by atoms with Crippen LogP contribution in [0, 0.1) is 0 Å². The van der Waals surface area contributed by atoms with Gasteiger partial charge in [-0.2, -0.15) is 12.6 Å². The highest BCUT2D eigenvalue weighted by molar-refractivity contribution is 7.80. The summed E-state index contributed by atoms with van der Waals surface area (Å²) in [6.45, 7) is -2.51. The third kappa shape index (κ3) is 7.01. The largest absolute Gasteiger partial charge is 0.500 e. The number of rotatable bonds is 8. The van der Waals surface area contributed by atoms with E-state index in [2.05, 4.69) is 12.6 Å². The first-order chi connectivity index (χ1) is 12.5. The Balaban J connectivity index is 0.000000276. The Morgan fingerprint density at radius 1 is 0.769 bits per heavy atom. The fraction of sp³-hybridized carbons (Fsp3) is 0.333. The lowest BCUT2D eigenvalue weighted by Crippen LogP contribution is -2.48. The molecule has 0 unspecified atom stereocenters. The SMILES string of the molecule is CO[Si](CCCS)(OC)OC.Cl[Si](Cl)(c1ccccc1)c1ccccc1.